The van der Waals surface area contributed by atoms with Crippen molar-refractivity contribution in [2.24, 2.45) is 0 Å². The van der Waals surface area contributed by atoms with Gasteiger partial charge in [0, 0.05) is 23.2 Å². The smallest absolute Gasteiger partial charge is 0.187 e. The molecular formula is C13H21N3S. The van der Waals surface area contributed by atoms with Crippen LogP contribution in [0.5, 0.6) is 0 Å². The van der Waals surface area contributed by atoms with Crippen molar-refractivity contribution in [3.63, 3.8) is 0 Å². The quantitative estimate of drug-likeness (QED) is 0.459. The Morgan fingerprint density at radius 1 is 1.24 bits per heavy atom. The van der Waals surface area contributed by atoms with Gasteiger partial charge in [0.05, 0.1) is 0 Å². The molecule has 0 bridgehead atoms. The van der Waals surface area contributed by atoms with Gasteiger partial charge in [0.15, 0.2) is 5.16 Å². The van der Waals surface area contributed by atoms with Crippen LogP contribution in [-0.2, 0) is 0 Å². The van der Waals surface area contributed by atoms with Crippen molar-refractivity contribution in [3.05, 3.63) is 17.5 Å². The summed E-state index contributed by atoms with van der Waals surface area (Å²) >= 11 is 1.77. The average molecular weight is 251 g/mol. The number of unbranched alkanes of at least 4 members (excludes halogenated alkanes) is 1. The molecular weight excluding hydrogens is 230 g/mol. The lowest BCUT2D eigenvalue weighted by molar-refractivity contribution is 0.640. The van der Waals surface area contributed by atoms with E-state index in [2.05, 4.69) is 15.3 Å². The lowest BCUT2D eigenvalue weighted by Gasteiger charge is -2.04. The molecule has 1 heterocycles. The van der Waals surface area contributed by atoms with E-state index in [1.807, 2.05) is 19.9 Å². The molecule has 1 aromatic heterocycles. The first-order valence-electron chi connectivity index (χ1n) is 6.42. The summed E-state index contributed by atoms with van der Waals surface area (Å²) in [6, 6.07) is 2.86. The molecule has 1 aliphatic rings. The van der Waals surface area contributed by atoms with Crippen LogP contribution in [0.15, 0.2) is 11.2 Å². The fourth-order valence-corrected chi connectivity index (χ4v) is 2.69. The second kappa shape index (κ2) is 6.36. The van der Waals surface area contributed by atoms with E-state index in [9.17, 15) is 0 Å². The molecule has 0 spiro atoms. The third kappa shape index (κ3) is 5.04. The zero-order chi connectivity index (χ0) is 12.1. The second-order valence-electron chi connectivity index (χ2n) is 4.72. The number of aromatic nitrogens is 2. The molecule has 0 aliphatic heterocycles. The molecule has 1 aromatic rings. The van der Waals surface area contributed by atoms with Crippen molar-refractivity contribution in [1.82, 2.24) is 15.3 Å². The molecule has 0 radical (unpaired) electrons. The number of thioether (sulfide) groups is 1. The summed E-state index contributed by atoms with van der Waals surface area (Å²) in [5.74, 6) is 1.12. The van der Waals surface area contributed by atoms with E-state index < -0.39 is 0 Å². The lowest BCUT2D eigenvalue weighted by Crippen LogP contribution is -2.17. The van der Waals surface area contributed by atoms with Gasteiger partial charge >= 0.3 is 0 Å². The first kappa shape index (κ1) is 12.8. The average Bonchev–Trinajstić information content (AvgIpc) is 3.05. The Morgan fingerprint density at radius 3 is 2.59 bits per heavy atom. The fourth-order valence-electron chi connectivity index (χ4n) is 1.74. The van der Waals surface area contributed by atoms with E-state index in [0.29, 0.717) is 0 Å². The van der Waals surface area contributed by atoms with Gasteiger partial charge in [0.2, 0.25) is 0 Å². The molecule has 4 heteroatoms. The van der Waals surface area contributed by atoms with Gasteiger partial charge in [-0.25, -0.2) is 9.97 Å². The lowest BCUT2D eigenvalue weighted by atomic mass is 10.3. The van der Waals surface area contributed by atoms with Gasteiger partial charge in [-0.3, -0.25) is 0 Å². The van der Waals surface area contributed by atoms with Gasteiger partial charge in [-0.2, -0.15) is 0 Å². The van der Waals surface area contributed by atoms with Gasteiger partial charge in [-0.05, 0) is 52.1 Å². The fraction of sp³-hybridized carbons (Fsp3) is 0.692. The molecule has 0 unspecified atom stereocenters. The highest BCUT2D eigenvalue weighted by Gasteiger charge is 2.19. The number of nitrogens with zero attached hydrogens (tertiary/aromatic N) is 2. The van der Waals surface area contributed by atoms with Crippen LogP contribution in [-0.4, -0.2) is 28.3 Å². The normalized spacial score (nSPS) is 15.2. The maximum atomic E-state index is 4.43. The van der Waals surface area contributed by atoms with Crippen LogP contribution >= 0.6 is 11.8 Å². The predicted octanol–water partition coefficient (Wildman–Crippen LogP) is 2.72. The highest BCUT2D eigenvalue weighted by Crippen LogP contribution is 2.19. The van der Waals surface area contributed by atoms with Crippen molar-refractivity contribution in [2.75, 3.05) is 12.3 Å². The first-order valence-corrected chi connectivity index (χ1v) is 7.41. The van der Waals surface area contributed by atoms with E-state index in [1.54, 1.807) is 11.8 Å². The third-order valence-corrected chi connectivity index (χ3v) is 3.71. The molecule has 1 saturated carbocycles. The SMILES string of the molecule is Cc1cc(C)nc(SCCCCNC2CC2)n1. The summed E-state index contributed by atoms with van der Waals surface area (Å²) in [7, 11) is 0. The molecule has 1 N–H and O–H groups in total. The molecule has 94 valence electrons. The standard InChI is InChI=1S/C13H21N3S/c1-10-9-11(2)16-13(15-10)17-8-4-3-7-14-12-5-6-12/h9,12,14H,3-8H2,1-2H3. The monoisotopic (exact) mass is 251 g/mol. The minimum Gasteiger partial charge on any atom is -0.314 e. The molecule has 0 atom stereocenters. The van der Waals surface area contributed by atoms with Crippen LogP contribution in [0.1, 0.15) is 37.1 Å². The summed E-state index contributed by atoms with van der Waals surface area (Å²) in [6.07, 6.45) is 5.26. The molecule has 1 fully saturated rings. The Hall–Kier alpha value is -0.610. The summed E-state index contributed by atoms with van der Waals surface area (Å²) in [4.78, 5) is 8.85. The Bertz CT molecular complexity index is 343. The molecule has 2 rings (SSSR count). The highest BCUT2D eigenvalue weighted by atomic mass is 32.2. The van der Waals surface area contributed by atoms with Crippen molar-refractivity contribution >= 4 is 11.8 Å². The number of hydrogen-bond acceptors (Lipinski definition) is 4. The molecule has 3 nitrogen and oxygen atoms in total. The number of hydrogen-bond donors (Lipinski definition) is 1. The Labute approximate surface area is 108 Å². The maximum absolute atomic E-state index is 4.43. The van der Waals surface area contributed by atoms with Crippen LogP contribution in [0.2, 0.25) is 0 Å². The zero-order valence-electron chi connectivity index (χ0n) is 10.7. The zero-order valence-corrected chi connectivity index (χ0v) is 11.5. The summed E-state index contributed by atoms with van der Waals surface area (Å²) in [6.45, 7) is 5.22. The molecule has 0 saturated heterocycles. The van der Waals surface area contributed by atoms with Crippen molar-refractivity contribution in [3.8, 4) is 0 Å². The van der Waals surface area contributed by atoms with Crippen LogP contribution in [0.4, 0.5) is 0 Å². The highest BCUT2D eigenvalue weighted by molar-refractivity contribution is 7.99. The Balaban J connectivity index is 1.59. The summed E-state index contributed by atoms with van der Waals surface area (Å²) in [5.41, 5.74) is 2.13. The molecule has 0 amide bonds. The van der Waals surface area contributed by atoms with Gasteiger partial charge in [-0.15, -0.1) is 0 Å². The molecule has 0 aromatic carbocycles. The summed E-state index contributed by atoms with van der Waals surface area (Å²) < 4.78 is 0. The number of nitrogens with one attached hydrogen (secondary N) is 1. The number of aryl methyl sites for hydroxylation is 2. The van der Waals surface area contributed by atoms with Gasteiger partial charge < -0.3 is 5.32 Å². The van der Waals surface area contributed by atoms with E-state index in [-0.39, 0.29) is 0 Å². The minimum atomic E-state index is 0.838. The van der Waals surface area contributed by atoms with Crippen molar-refractivity contribution in [2.45, 2.75) is 50.7 Å². The Kier molecular flexibility index (Phi) is 4.80. The maximum Gasteiger partial charge on any atom is 0.187 e. The Morgan fingerprint density at radius 2 is 1.94 bits per heavy atom. The first-order chi connectivity index (χ1) is 8.24. The van der Waals surface area contributed by atoms with E-state index in [0.717, 1.165) is 28.3 Å². The van der Waals surface area contributed by atoms with Gasteiger partial charge in [0.1, 0.15) is 0 Å². The van der Waals surface area contributed by atoms with Crippen LogP contribution in [0.25, 0.3) is 0 Å². The predicted molar refractivity (Wildman–Crippen MR) is 72.5 cm³/mol. The summed E-state index contributed by atoms with van der Waals surface area (Å²) in [5, 5.41) is 4.46. The second-order valence-corrected chi connectivity index (χ2v) is 5.78. The largest absolute Gasteiger partial charge is 0.314 e. The number of rotatable bonds is 7. The minimum absolute atomic E-state index is 0.838. The molecule has 17 heavy (non-hydrogen) atoms. The van der Waals surface area contributed by atoms with E-state index in [1.165, 1.54) is 32.2 Å². The van der Waals surface area contributed by atoms with Crippen LogP contribution in [0, 0.1) is 13.8 Å². The van der Waals surface area contributed by atoms with Crippen LogP contribution in [0.3, 0.4) is 0 Å². The van der Waals surface area contributed by atoms with Gasteiger partial charge in [0.25, 0.3) is 0 Å². The van der Waals surface area contributed by atoms with Crippen LogP contribution < -0.4 is 5.32 Å². The third-order valence-electron chi connectivity index (χ3n) is 2.77. The van der Waals surface area contributed by atoms with E-state index >= 15 is 0 Å². The molecule has 1 aliphatic carbocycles. The van der Waals surface area contributed by atoms with E-state index in [4.69, 9.17) is 0 Å². The van der Waals surface area contributed by atoms with Crippen molar-refractivity contribution in [1.29, 1.82) is 0 Å². The van der Waals surface area contributed by atoms with Gasteiger partial charge in [-0.1, -0.05) is 11.8 Å². The topological polar surface area (TPSA) is 37.8 Å². The van der Waals surface area contributed by atoms with Crippen molar-refractivity contribution < 1.29 is 0 Å².